The molecule has 1 atom stereocenters. The molecule has 2 rings (SSSR count). The third kappa shape index (κ3) is 3.54. The molecule has 1 aromatic carbocycles. The van der Waals surface area contributed by atoms with Crippen LogP contribution < -0.4 is 5.73 Å². The first-order valence-electron chi connectivity index (χ1n) is 6.57. The van der Waals surface area contributed by atoms with E-state index in [-0.39, 0.29) is 6.04 Å². The molecule has 20 heavy (non-hydrogen) atoms. The van der Waals surface area contributed by atoms with Crippen molar-refractivity contribution < 1.29 is 0 Å². The van der Waals surface area contributed by atoms with E-state index in [0.717, 1.165) is 18.7 Å². The van der Waals surface area contributed by atoms with Crippen LogP contribution in [-0.2, 0) is 6.54 Å². The summed E-state index contributed by atoms with van der Waals surface area (Å²) >= 11 is 14.2. The lowest BCUT2D eigenvalue weighted by molar-refractivity contribution is 0.205. The third-order valence-corrected chi connectivity index (χ3v) is 5.04. The smallest absolute Gasteiger partial charge is 0.0640 e. The number of nitrogens with two attached hydrogens (primary N) is 1. The van der Waals surface area contributed by atoms with Crippen molar-refractivity contribution in [3.05, 3.63) is 56.2 Å². The Morgan fingerprint density at radius 1 is 1.25 bits per heavy atom. The first-order valence-corrected chi connectivity index (χ1v) is 8.21. The van der Waals surface area contributed by atoms with E-state index in [1.54, 1.807) is 17.4 Å². The lowest BCUT2D eigenvalue weighted by atomic mass is 10.0. The number of benzene rings is 1. The van der Waals surface area contributed by atoms with Gasteiger partial charge in [0.1, 0.15) is 0 Å². The minimum Gasteiger partial charge on any atom is -0.329 e. The molecule has 0 fully saturated rings. The highest BCUT2D eigenvalue weighted by Crippen LogP contribution is 2.33. The van der Waals surface area contributed by atoms with Gasteiger partial charge in [0.2, 0.25) is 0 Å². The van der Waals surface area contributed by atoms with Crippen LogP contribution >= 0.6 is 34.5 Å². The monoisotopic (exact) mass is 328 g/mol. The van der Waals surface area contributed by atoms with Crippen molar-refractivity contribution in [2.45, 2.75) is 19.5 Å². The summed E-state index contributed by atoms with van der Waals surface area (Å²) in [6.45, 7) is 4.43. The number of nitrogens with zero attached hydrogens (tertiary/aromatic N) is 1. The molecule has 2 N–H and O–H groups in total. The molecule has 1 heterocycles. The van der Waals surface area contributed by atoms with E-state index in [0.29, 0.717) is 16.6 Å². The van der Waals surface area contributed by atoms with Gasteiger partial charge in [0.15, 0.2) is 0 Å². The van der Waals surface area contributed by atoms with Crippen molar-refractivity contribution in [3.8, 4) is 0 Å². The normalized spacial score (nSPS) is 12.8. The van der Waals surface area contributed by atoms with Gasteiger partial charge in [-0.05, 0) is 29.6 Å². The molecule has 108 valence electrons. The van der Waals surface area contributed by atoms with Gasteiger partial charge in [0.05, 0.1) is 10.0 Å². The highest BCUT2D eigenvalue weighted by atomic mass is 35.5. The van der Waals surface area contributed by atoms with Gasteiger partial charge in [-0.15, -0.1) is 11.3 Å². The third-order valence-electron chi connectivity index (χ3n) is 3.35. The molecule has 0 bridgehead atoms. The molecule has 1 unspecified atom stereocenters. The van der Waals surface area contributed by atoms with Crippen LogP contribution in [0, 0.1) is 0 Å². The average Bonchev–Trinajstić information content (AvgIpc) is 2.96. The largest absolute Gasteiger partial charge is 0.329 e. The fourth-order valence-corrected chi connectivity index (χ4v) is 3.46. The Balaban J connectivity index is 2.27. The van der Waals surface area contributed by atoms with Gasteiger partial charge < -0.3 is 5.73 Å². The Morgan fingerprint density at radius 3 is 2.65 bits per heavy atom. The number of rotatable bonds is 6. The maximum absolute atomic E-state index is 6.34. The van der Waals surface area contributed by atoms with Crippen LogP contribution in [0.1, 0.15) is 23.4 Å². The average molecular weight is 329 g/mol. The fourth-order valence-electron chi connectivity index (χ4n) is 2.30. The van der Waals surface area contributed by atoms with Gasteiger partial charge in [0.25, 0.3) is 0 Å². The van der Waals surface area contributed by atoms with Gasteiger partial charge in [-0.3, -0.25) is 4.90 Å². The molecule has 2 nitrogen and oxygen atoms in total. The Bertz CT molecular complexity index is 543. The van der Waals surface area contributed by atoms with Crippen molar-refractivity contribution >= 4 is 34.5 Å². The van der Waals surface area contributed by atoms with E-state index in [4.69, 9.17) is 28.9 Å². The van der Waals surface area contributed by atoms with E-state index in [1.807, 2.05) is 12.1 Å². The van der Waals surface area contributed by atoms with E-state index < -0.39 is 0 Å². The standard InChI is InChI=1S/C15H18Cl2N2S/c1-2-19(10-11-5-4-8-20-11)14(9-18)12-6-3-7-13(16)15(12)17/h3-8,14H,2,9-10,18H2,1H3. The molecule has 0 aliphatic rings. The SMILES string of the molecule is CCN(Cc1cccs1)C(CN)c1cccc(Cl)c1Cl. The lowest BCUT2D eigenvalue weighted by Crippen LogP contribution is -2.33. The van der Waals surface area contributed by atoms with Gasteiger partial charge in [-0.2, -0.15) is 0 Å². The van der Waals surface area contributed by atoms with Gasteiger partial charge in [-0.1, -0.05) is 48.3 Å². The number of likely N-dealkylation sites (N-methyl/N-ethyl adjacent to an activating group) is 1. The van der Waals surface area contributed by atoms with Gasteiger partial charge >= 0.3 is 0 Å². The quantitative estimate of drug-likeness (QED) is 0.841. The van der Waals surface area contributed by atoms with E-state index in [9.17, 15) is 0 Å². The summed E-state index contributed by atoms with van der Waals surface area (Å²) in [7, 11) is 0. The number of hydrogen-bond acceptors (Lipinski definition) is 3. The Hall–Kier alpha value is -0.580. The molecule has 0 radical (unpaired) electrons. The summed E-state index contributed by atoms with van der Waals surface area (Å²) in [6.07, 6.45) is 0. The topological polar surface area (TPSA) is 29.3 Å². The van der Waals surface area contributed by atoms with Crippen molar-refractivity contribution in [1.29, 1.82) is 0 Å². The van der Waals surface area contributed by atoms with Crippen LogP contribution in [0.25, 0.3) is 0 Å². The molecule has 0 saturated heterocycles. The molecular weight excluding hydrogens is 311 g/mol. The van der Waals surface area contributed by atoms with Crippen molar-refractivity contribution in [3.63, 3.8) is 0 Å². The number of halogens is 2. The van der Waals surface area contributed by atoms with Crippen molar-refractivity contribution in [2.24, 2.45) is 5.73 Å². The molecule has 1 aromatic heterocycles. The summed E-state index contributed by atoms with van der Waals surface area (Å²) in [5, 5.41) is 3.27. The van der Waals surface area contributed by atoms with Crippen LogP contribution in [0.15, 0.2) is 35.7 Å². The first kappa shape index (κ1) is 15.8. The predicted octanol–water partition coefficient (Wildman–Crippen LogP) is 4.58. The van der Waals surface area contributed by atoms with Crippen molar-refractivity contribution in [2.75, 3.05) is 13.1 Å². The molecule has 0 spiro atoms. The van der Waals surface area contributed by atoms with Gasteiger partial charge in [0, 0.05) is 24.0 Å². The molecular formula is C15H18Cl2N2S. The minimum absolute atomic E-state index is 0.0771. The van der Waals surface area contributed by atoms with Crippen LogP contribution in [0.3, 0.4) is 0 Å². The Kier molecular flexibility index (Phi) is 5.87. The van der Waals surface area contributed by atoms with Crippen LogP contribution in [0.4, 0.5) is 0 Å². The molecule has 2 aromatic rings. The van der Waals surface area contributed by atoms with Crippen LogP contribution in [0.5, 0.6) is 0 Å². The maximum Gasteiger partial charge on any atom is 0.0640 e. The summed E-state index contributed by atoms with van der Waals surface area (Å²) < 4.78 is 0. The van der Waals surface area contributed by atoms with E-state index >= 15 is 0 Å². The molecule has 5 heteroatoms. The van der Waals surface area contributed by atoms with Crippen molar-refractivity contribution in [1.82, 2.24) is 4.90 Å². The fraction of sp³-hybridized carbons (Fsp3) is 0.333. The van der Waals surface area contributed by atoms with Crippen LogP contribution in [-0.4, -0.2) is 18.0 Å². The second-order valence-electron chi connectivity index (χ2n) is 4.54. The van der Waals surface area contributed by atoms with Gasteiger partial charge in [-0.25, -0.2) is 0 Å². The molecule has 0 aliphatic carbocycles. The number of hydrogen-bond donors (Lipinski definition) is 1. The Labute approximate surface area is 134 Å². The summed E-state index contributed by atoms with van der Waals surface area (Å²) in [4.78, 5) is 3.65. The molecule has 0 amide bonds. The zero-order valence-corrected chi connectivity index (χ0v) is 13.7. The zero-order valence-electron chi connectivity index (χ0n) is 11.4. The zero-order chi connectivity index (χ0) is 14.5. The summed E-state index contributed by atoms with van der Waals surface area (Å²) in [5.41, 5.74) is 6.99. The van der Waals surface area contributed by atoms with E-state index in [1.165, 1.54) is 4.88 Å². The highest BCUT2D eigenvalue weighted by Gasteiger charge is 2.21. The highest BCUT2D eigenvalue weighted by molar-refractivity contribution is 7.09. The maximum atomic E-state index is 6.34. The lowest BCUT2D eigenvalue weighted by Gasteiger charge is -2.30. The second kappa shape index (κ2) is 7.43. The second-order valence-corrected chi connectivity index (χ2v) is 6.35. The number of thiophene rings is 1. The van der Waals surface area contributed by atoms with Crippen LogP contribution in [0.2, 0.25) is 10.0 Å². The first-order chi connectivity index (χ1) is 9.67. The summed E-state index contributed by atoms with van der Waals surface area (Å²) in [6, 6.07) is 10.0. The minimum atomic E-state index is 0.0771. The molecule has 0 aliphatic heterocycles. The Morgan fingerprint density at radius 2 is 2.05 bits per heavy atom. The van der Waals surface area contributed by atoms with E-state index in [2.05, 4.69) is 29.3 Å². The summed E-state index contributed by atoms with van der Waals surface area (Å²) in [5.74, 6) is 0. The molecule has 0 saturated carbocycles. The predicted molar refractivity (Wildman–Crippen MR) is 88.7 cm³/mol.